The van der Waals surface area contributed by atoms with Crippen molar-refractivity contribution >= 4 is 41.2 Å². The summed E-state index contributed by atoms with van der Waals surface area (Å²) in [5.74, 6) is -0.819. The van der Waals surface area contributed by atoms with Crippen LogP contribution in [0, 0.1) is 0 Å². The highest BCUT2D eigenvalue weighted by atomic mass is 35.5. The predicted molar refractivity (Wildman–Crippen MR) is 111 cm³/mol. The van der Waals surface area contributed by atoms with Crippen LogP contribution in [0.3, 0.4) is 0 Å². The smallest absolute Gasteiger partial charge is 0.340 e. The van der Waals surface area contributed by atoms with Crippen LogP contribution in [0.25, 0.3) is 6.08 Å². The van der Waals surface area contributed by atoms with Crippen LogP contribution in [0.15, 0.2) is 65.4 Å². The van der Waals surface area contributed by atoms with E-state index in [4.69, 9.17) is 27.9 Å². The summed E-state index contributed by atoms with van der Waals surface area (Å²) in [4.78, 5) is 27.3. The number of hydrogen-bond donors (Lipinski definition) is 0. The van der Waals surface area contributed by atoms with Gasteiger partial charge in [0.2, 0.25) is 0 Å². The Morgan fingerprint density at radius 3 is 2.39 bits per heavy atom. The molecule has 0 saturated carbocycles. The molecule has 6 heteroatoms. The monoisotopic (exact) mass is 415 g/mol. The van der Waals surface area contributed by atoms with E-state index in [1.807, 2.05) is 37.3 Å². The molecule has 1 aliphatic rings. The molecule has 3 rings (SSSR count). The van der Waals surface area contributed by atoms with Crippen LogP contribution in [0.5, 0.6) is 0 Å². The molecule has 28 heavy (non-hydrogen) atoms. The van der Waals surface area contributed by atoms with Gasteiger partial charge in [0.1, 0.15) is 0 Å². The second kappa shape index (κ2) is 8.21. The van der Waals surface area contributed by atoms with Crippen molar-refractivity contribution in [3.63, 3.8) is 0 Å². The topological polar surface area (TPSA) is 46.6 Å². The second-order valence-electron chi connectivity index (χ2n) is 6.45. The molecular weight excluding hydrogens is 397 g/mol. The SMILES string of the molecule is COC(=O)C1=C(C)N([C@@H](C)c2ccccc2)C(=O)/C1=C\c1ccc(Cl)c(Cl)c1. The molecule has 0 saturated heterocycles. The first-order valence-corrected chi connectivity index (χ1v) is 9.45. The molecule has 0 aromatic heterocycles. The van der Waals surface area contributed by atoms with E-state index >= 15 is 0 Å². The Balaban J connectivity index is 2.10. The van der Waals surface area contributed by atoms with Crippen molar-refractivity contribution < 1.29 is 14.3 Å². The highest BCUT2D eigenvalue weighted by molar-refractivity contribution is 6.42. The number of benzene rings is 2. The third-order valence-corrected chi connectivity index (χ3v) is 5.49. The first kappa shape index (κ1) is 20.2. The molecule has 2 aromatic rings. The number of ether oxygens (including phenoxy) is 1. The molecule has 1 atom stereocenters. The van der Waals surface area contributed by atoms with Crippen molar-refractivity contribution in [3.05, 3.63) is 86.5 Å². The predicted octanol–water partition coefficient (Wildman–Crippen LogP) is 5.43. The number of esters is 1. The van der Waals surface area contributed by atoms with E-state index in [1.54, 1.807) is 36.1 Å². The molecule has 4 nitrogen and oxygen atoms in total. The van der Waals surface area contributed by atoms with E-state index in [2.05, 4.69) is 0 Å². The lowest BCUT2D eigenvalue weighted by Gasteiger charge is -2.26. The van der Waals surface area contributed by atoms with Crippen LogP contribution in [0.1, 0.15) is 31.0 Å². The Bertz CT molecular complexity index is 996. The number of rotatable bonds is 4. The van der Waals surface area contributed by atoms with Gasteiger partial charge in [-0.1, -0.05) is 59.6 Å². The number of amides is 1. The van der Waals surface area contributed by atoms with Gasteiger partial charge >= 0.3 is 5.97 Å². The minimum atomic E-state index is -0.556. The van der Waals surface area contributed by atoms with Crippen molar-refractivity contribution in [2.45, 2.75) is 19.9 Å². The molecule has 0 radical (unpaired) electrons. The summed E-state index contributed by atoms with van der Waals surface area (Å²) in [5.41, 5.74) is 2.71. The van der Waals surface area contributed by atoms with Crippen molar-refractivity contribution in [3.8, 4) is 0 Å². The zero-order valence-corrected chi connectivity index (χ0v) is 17.2. The number of carbonyl (C=O) groups excluding carboxylic acids is 2. The second-order valence-corrected chi connectivity index (χ2v) is 7.26. The van der Waals surface area contributed by atoms with Gasteiger partial charge < -0.3 is 9.64 Å². The maximum atomic E-state index is 13.3. The molecule has 0 aliphatic carbocycles. The number of methoxy groups -OCH3 is 1. The zero-order chi connectivity index (χ0) is 20.4. The third kappa shape index (κ3) is 3.71. The van der Waals surface area contributed by atoms with Gasteiger partial charge in [0, 0.05) is 5.70 Å². The van der Waals surface area contributed by atoms with Crippen LogP contribution in [-0.2, 0) is 14.3 Å². The Hall–Kier alpha value is -2.56. The van der Waals surface area contributed by atoms with Crippen LogP contribution in [0.4, 0.5) is 0 Å². The number of hydrogen-bond acceptors (Lipinski definition) is 3. The lowest BCUT2D eigenvalue weighted by Crippen LogP contribution is -2.28. The molecule has 2 aromatic carbocycles. The van der Waals surface area contributed by atoms with Gasteiger partial charge in [-0.3, -0.25) is 4.79 Å². The average molecular weight is 416 g/mol. The fourth-order valence-electron chi connectivity index (χ4n) is 3.31. The number of nitrogens with zero attached hydrogens (tertiary/aromatic N) is 1. The molecule has 1 aliphatic heterocycles. The van der Waals surface area contributed by atoms with Crippen molar-refractivity contribution in [1.29, 1.82) is 0 Å². The van der Waals surface area contributed by atoms with E-state index in [9.17, 15) is 9.59 Å². The highest BCUT2D eigenvalue weighted by Crippen LogP contribution is 2.38. The molecule has 0 unspecified atom stereocenters. The Morgan fingerprint density at radius 2 is 1.79 bits per heavy atom. The van der Waals surface area contributed by atoms with E-state index in [-0.39, 0.29) is 23.1 Å². The van der Waals surface area contributed by atoms with Gasteiger partial charge in [-0.2, -0.15) is 0 Å². The van der Waals surface area contributed by atoms with Gasteiger partial charge in [0.05, 0.1) is 34.3 Å². The van der Waals surface area contributed by atoms with Crippen LogP contribution >= 0.6 is 23.2 Å². The number of carbonyl (C=O) groups is 2. The number of halogens is 2. The van der Waals surface area contributed by atoms with Crippen LogP contribution in [0.2, 0.25) is 10.0 Å². The molecular formula is C22H19Cl2NO3. The Morgan fingerprint density at radius 1 is 1.11 bits per heavy atom. The first-order valence-electron chi connectivity index (χ1n) is 8.70. The fraction of sp³-hybridized carbons (Fsp3) is 0.182. The molecule has 0 fully saturated rings. The fourth-order valence-corrected chi connectivity index (χ4v) is 3.62. The summed E-state index contributed by atoms with van der Waals surface area (Å²) in [6, 6.07) is 14.4. The lowest BCUT2D eigenvalue weighted by molar-refractivity contribution is -0.136. The summed E-state index contributed by atoms with van der Waals surface area (Å²) in [7, 11) is 1.30. The van der Waals surface area contributed by atoms with Gasteiger partial charge in [0.15, 0.2) is 0 Å². The maximum Gasteiger partial charge on any atom is 0.340 e. The first-order chi connectivity index (χ1) is 13.3. The van der Waals surface area contributed by atoms with E-state index in [0.717, 1.165) is 5.56 Å². The summed E-state index contributed by atoms with van der Waals surface area (Å²) < 4.78 is 4.93. The minimum absolute atomic E-state index is 0.243. The quantitative estimate of drug-likeness (QED) is 0.494. The molecule has 1 heterocycles. The van der Waals surface area contributed by atoms with E-state index in [0.29, 0.717) is 21.3 Å². The van der Waals surface area contributed by atoms with Crippen molar-refractivity contribution in [1.82, 2.24) is 4.90 Å². The highest BCUT2D eigenvalue weighted by Gasteiger charge is 2.39. The summed E-state index contributed by atoms with van der Waals surface area (Å²) >= 11 is 12.1. The summed E-state index contributed by atoms with van der Waals surface area (Å²) in [6.45, 7) is 3.67. The van der Waals surface area contributed by atoms with Gasteiger partial charge in [-0.05, 0) is 43.2 Å². The summed E-state index contributed by atoms with van der Waals surface area (Å²) in [6.07, 6.45) is 1.64. The molecule has 0 N–H and O–H groups in total. The Labute approximate surface area is 174 Å². The zero-order valence-electron chi connectivity index (χ0n) is 15.7. The van der Waals surface area contributed by atoms with Crippen molar-refractivity contribution in [2.75, 3.05) is 7.11 Å². The summed E-state index contributed by atoms with van der Waals surface area (Å²) in [5, 5.41) is 0.789. The minimum Gasteiger partial charge on any atom is -0.465 e. The molecule has 0 spiro atoms. The van der Waals surface area contributed by atoms with Crippen molar-refractivity contribution in [2.24, 2.45) is 0 Å². The normalized spacial score (nSPS) is 16.7. The van der Waals surface area contributed by atoms with Gasteiger partial charge in [-0.15, -0.1) is 0 Å². The van der Waals surface area contributed by atoms with Crippen LogP contribution < -0.4 is 0 Å². The van der Waals surface area contributed by atoms with E-state index in [1.165, 1.54) is 7.11 Å². The lowest BCUT2D eigenvalue weighted by atomic mass is 10.0. The number of allylic oxidation sites excluding steroid dienone is 1. The van der Waals surface area contributed by atoms with Gasteiger partial charge in [0.25, 0.3) is 5.91 Å². The largest absolute Gasteiger partial charge is 0.465 e. The molecule has 0 bridgehead atoms. The van der Waals surface area contributed by atoms with Crippen LogP contribution in [-0.4, -0.2) is 23.9 Å². The van der Waals surface area contributed by atoms with E-state index < -0.39 is 5.97 Å². The molecule has 144 valence electrons. The average Bonchev–Trinajstić information content (AvgIpc) is 2.94. The third-order valence-electron chi connectivity index (χ3n) is 4.76. The Kier molecular flexibility index (Phi) is 5.92. The standard InChI is InChI=1S/C22H19Cl2NO3/c1-13(16-7-5-4-6-8-16)25-14(2)20(22(27)28-3)17(21(25)26)11-15-9-10-18(23)19(24)12-15/h4-13H,1-3H3/b17-11-/t13-/m0/s1. The molecule has 1 amide bonds. The van der Waals surface area contributed by atoms with Gasteiger partial charge in [-0.25, -0.2) is 4.79 Å². The maximum absolute atomic E-state index is 13.3.